The SMILES string of the molecule is CC(NC(=O)c1ccnc(NN)c1F)c1ncc[nH]1. The molecule has 2 aromatic rings. The Hall–Kier alpha value is -2.48. The second-order valence-corrected chi connectivity index (χ2v) is 3.84. The number of hydrazine groups is 1. The van der Waals surface area contributed by atoms with Crippen molar-refractivity contribution in [3.05, 3.63) is 41.9 Å². The van der Waals surface area contributed by atoms with Crippen LogP contribution in [-0.4, -0.2) is 20.9 Å². The minimum absolute atomic E-state index is 0.138. The molecule has 2 rings (SSSR count). The highest BCUT2D eigenvalue weighted by Crippen LogP contribution is 2.15. The number of aromatic amines is 1. The fourth-order valence-corrected chi connectivity index (χ4v) is 1.58. The molecule has 0 spiro atoms. The number of nitrogen functional groups attached to an aromatic ring is 1. The minimum atomic E-state index is -0.797. The van der Waals surface area contributed by atoms with Crippen molar-refractivity contribution in [2.45, 2.75) is 13.0 Å². The van der Waals surface area contributed by atoms with Gasteiger partial charge in [0.05, 0.1) is 11.6 Å². The van der Waals surface area contributed by atoms with E-state index in [0.717, 1.165) is 0 Å². The minimum Gasteiger partial charge on any atom is -0.347 e. The van der Waals surface area contributed by atoms with Gasteiger partial charge in [-0.2, -0.15) is 0 Å². The van der Waals surface area contributed by atoms with Gasteiger partial charge >= 0.3 is 0 Å². The van der Waals surface area contributed by atoms with Gasteiger partial charge in [0.15, 0.2) is 11.6 Å². The number of pyridine rings is 1. The van der Waals surface area contributed by atoms with Crippen LogP contribution in [0, 0.1) is 5.82 Å². The molecule has 0 aromatic carbocycles. The van der Waals surface area contributed by atoms with Crippen molar-refractivity contribution in [1.82, 2.24) is 20.3 Å². The molecule has 0 aliphatic rings. The van der Waals surface area contributed by atoms with Gasteiger partial charge in [-0.1, -0.05) is 0 Å². The molecular formula is C11H13FN6O. The summed E-state index contributed by atoms with van der Waals surface area (Å²) in [5.41, 5.74) is 1.95. The monoisotopic (exact) mass is 264 g/mol. The summed E-state index contributed by atoms with van der Waals surface area (Å²) in [6.07, 6.45) is 4.51. The summed E-state index contributed by atoms with van der Waals surface area (Å²) < 4.78 is 13.8. The fourth-order valence-electron chi connectivity index (χ4n) is 1.58. The fraction of sp³-hybridized carbons (Fsp3) is 0.182. The summed E-state index contributed by atoms with van der Waals surface area (Å²) in [5.74, 6) is 4.13. The van der Waals surface area contributed by atoms with E-state index in [2.05, 4.69) is 25.7 Å². The Labute approximate surface area is 108 Å². The number of halogens is 1. The van der Waals surface area contributed by atoms with Crippen LogP contribution < -0.4 is 16.6 Å². The highest BCUT2D eigenvalue weighted by Gasteiger charge is 2.18. The lowest BCUT2D eigenvalue weighted by Gasteiger charge is -2.12. The van der Waals surface area contributed by atoms with Crippen molar-refractivity contribution in [2.75, 3.05) is 5.43 Å². The molecule has 1 atom stereocenters. The second kappa shape index (κ2) is 5.44. The van der Waals surface area contributed by atoms with Crippen LogP contribution in [0.5, 0.6) is 0 Å². The number of nitrogens with two attached hydrogens (primary N) is 1. The highest BCUT2D eigenvalue weighted by molar-refractivity contribution is 5.95. The number of anilines is 1. The summed E-state index contributed by atoms with van der Waals surface area (Å²) in [5, 5.41) is 2.62. The van der Waals surface area contributed by atoms with E-state index in [9.17, 15) is 9.18 Å². The predicted octanol–water partition coefficient (Wildman–Crippen LogP) is 0.720. The zero-order valence-corrected chi connectivity index (χ0v) is 10.1. The lowest BCUT2D eigenvalue weighted by Crippen LogP contribution is -2.28. The molecule has 1 unspecified atom stereocenters. The molecule has 0 aliphatic heterocycles. The van der Waals surface area contributed by atoms with E-state index >= 15 is 0 Å². The van der Waals surface area contributed by atoms with Gasteiger partial charge in [-0.25, -0.2) is 20.2 Å². The summed E-state index contributed by atoms with van der Waals surface area (Å²) in [4.78, 5) is 22.5. The van der Waals surface area contributed by atoms with Crippen LogP contribution in [0.25, 0.3) is 0 Å². The molecule has 1 amide bonds. The van der Waals surface area contributed by atoms with E-state index in [1.54, 1.807) is 19.3 Å². The third-order valence-electron chi connectivity index (χ3n) is 2.55. The van der Waals surface area contributed by atoms with E-state index in [0.29, 0.717) is 5.82 Å². The average molecular weight is 264 g/mol. The molecule has 2 heterocycles. The molecule has 5 N–H and O–H groups in total. The summed E-state index contributed by atoms with van der Waals surface area (Å²) in [7, 11) is 0. The van der Waals surface area contributed by atoms with Gasteiger partial charge < -0.3 is 15.7 Å². The van der Waals surface area contributed by atoms with Gasteiger partial charge in [0.1, 0.15) is 5.82 Å². The molecule has 0 aliphatic carbocycles. The number of aromatic nitrogens is 3. The molecule has 100 valence electrons. The predicted molar refractivity (Wildman–Crippen MR) is 66.5 cm³/mol. The van der Waals surface area contributed by atoms with Crippen molar-refractivity contribution in [2.24, 2.45) is 5.84 Å². The van der Waals surface area contributed by atoms with E-state index in [-0.39, 0.29) is 17.4 Å². The number of H-pyrrole nitrogens is 1. The number of nitrogens with one attached hydrogen (secondary N) is 3. The topological polar surface area (TPSA) is 109 Å². The van der Waals surface area contributed by atoms with Crippen molar-refractivity contribution in [3.63, 3.8) is 0 Å². The number of hydrogen-bond donors (Lipinski definition) is 4. The van der Waals surface area contributed by atoms with Crippen molar-refractivity contribution >= 4 is 11.7 Å². The Morgan fingerprint density at radius 3 is 2.89 bits per heavy atom. The first kappa shape index (κ1) is 13.0. The molecule has 19 heavy (non-hydrogen) atoms. The van der Waals surface area contributed by atoms with Crippen LogP contribution in [0.1, 0.15) is 29.1 Å². The van der Waals surface area contributed by atoms with Gasteiger partial charge in [0.25, 0.3) is 5.91 Å². The number of carbonyl (C=O) groups excluding carboxylic acids is 1. The van der Waals surface area contributed by atoms with Gasteiger partial charge in [-0.3, -0.25) is 4.79 Å². The van der Waals surface area contributed by atoms with Gasteiger partial charge in [-0.15, -0.1) is 0 Å². The maximum Gasteiger partial charge on any atom is 0.255 e. The molecule has 0 fully saturated rings. The third kappa shape index (κ3) is 2.68. The Kier molecular flexibility index (Phi) is 3.71. The maximum absolute atomic E-state index is 13.8. The normalized spacial score (nSPS) is 11.9. The maximum atomic E-state index is 13.8. The second-order valence-electron chi connectivity index (χ2n) is 3.84. The quantitative estimate of drug-likeness (QED) is 0.480. The standard InChI is InChI=1S/C11H13FN6O/c1-6(9-15-4-5-16-9)17-11(19)7-2-3-14-10(18-13)8(7)12/h2-6H,13H2,1H3,(H,14,18)(H,15,16)(H,17,19). The molecule has 0 saturated carbocycles. The summed E-state index contributed by atoms with van der Waals surface area (Å²) in [6.45, 7) is 1.73. The third-order valence-corrected chi connectivity index (χ3v) is 2.55. The van der Waals surface area contributed by atoms with Crippen molar-refractivity contribution in [1.29, 1.82) is 0 Å². The number of amides is 1. The van der Waals surface area contributed by atoms with E-state index < -0.39 is 11.7 Å². The summed E-state index contributed by atoms with van der Waals surface area (Å²) >= 11 is 0. The van der Waals surface area contributed by atoms with E-state index in [1.165, 1.54) is 12.3 Å². The first-order valence-corrected chi connectivity index (χ1v) is 5.54. The number of imidazole rings is 1. The van der Waals surface area contributed by atoms with Crippen LogP contribution >= 0.6 is 0 Å². The van der Waals surface area contributed by atoms with Crippen molar-refractivity contribution in [3.8, 4) is 0 Å². The van der Waals surface area contributed by atoms with Crippen LogP contribution in [-0.2, 0) is 0 Å². The zero-order chi connectivity index (χ0) is 13.8. The number of carbonyl (C=O) groups is 1. The smallest absolute Gasteiger partial charge is 0.255 e. The van der Waals surface area contributed by atoms with Crippen LogP contribution in [0.15, 0.2) is 24.7 Å². The highest BCUT2D eigenvalue weighted by atomic mass is 19.1. The van der Waals surface area contributed by atoms with Crippen LogP contribution in [0.3, 0.4) is 0 Å². The van der Waals surface area contributed by atoms with E-state index in [4.69, 9.17) is 5.84 Å². The number of nitrogens with zero attached hydrogens (tertiary/aromatic N) is 2. The van der Waals surface area contributed by atoms with Crippen molar-refractivity contribution < 1.29 is 9.18 Å². The van der Waals surface area contributed by atoms with Gasteiger partial charge in [-0.05, 0) is 13.0 Å². The Morgan fingerprint density at radius 2 is 2.26 bits per heavy atom. The largest absolute Gasteiger partial charge is 0.347 e. The zero-order valence-electron chi connectivity index (χ0n) is 10.1. The van der Waals surface area contributed by atoms with Crippen LogP contribution in [0.4, 0.5) is 10.2 Å². The Morgan fingerprint density at radius 1 is 1.47 bits per heavy atom. The number of rotatable bonds is 4. The number of hydrogen-bond acceptors (Lipinski definition) is 5. The summed E-state index contributed by atoms with van der Waals surface area (Å²) in [6, 6.07) is 0.907. The molecular weight excluding hydrogens is 251 g/mol. The first-order valence-electron chi connectivity index (χ1n) is 5.54. The Bertz CT molecular complexity index is 571. The molecule has 0 bridgehead atoms. The lowest BCUT2D eigenvalue weighted by molar-refractivity contribution is 0.0934. The molecule has 0 saturated heterocycles. The molecule has 8 heteroatoms. The molecule has 0 radical (unpaired) electrons. The molecule has 7 nitrogen and oxygen atoms in total. The average Bonchev–Trinajstić information content (AvgIpc) is 2.92. The van der Waals surface area contributed by atoms with Gasteiger partial charge in [0.2, 0.25) is 0 Å². The van der Waals surface area contributed by atoms with Crippen LogP contribution in [0.2, 0.25) is 0 Å². The lowest BCUT2D eigenvalue weighted by atomic mass is 10.2. The molecule has 2 aromatic heterocycles. The van der Waals surface area contributed by atoms with Gasteiger partial charge in [0, 0.05) is 18.6 Å². The first-order chi connectivity index (χ1) is 9.13. The van der Waals surface area contributed by atoms with E-state index in [1.807, 2.05) is 0 Å². The Balaban J connectivity index is 2.16.